The average molecular weight is 476 g/mol. The van der Waals surface area contributed by atoms with Crippen LogP contribution in [0.2, 0.25) is 5.28 Å². The molecule has 2 fully saturated rings. The van der Waals surface area contributed by atoms with E-state index in [1.165, 1.54) is 17.0 Å². The smallest absolute Gasteiger partial charge is 0.226 e. The van der Waals surface area contributed by atoms with Gasteiger partial charge >= 0.3 is 0 Å². The molecule has 1 unspecified atom stereocenters. The molecular formula is C22H23ClFN5O4. The van der Waals surface area contributed by atoms with Crippen LogP contribution in [0.15, 0.2) is 24.5 Å². The molecule has 1 aliphatic carbocycles. The summed E-state index contributed by atoms with van der Waals surface area (Å²) >= 11 is 6.31. The predicted molar refractivity (Wildman–Crippen MR) is 117 cm³/mol. The molecule has 0 amide bonds. The van der Waals surface area contributed by atoms with Gasteiger partial charge in [0.15, 0.2) is 23.2 Å². The van der Waals surface area contributed by atoms with Crippen molar-refractivity contribution in [3.63, 3.8) is 0 Å². The van der Waals surface area contributed by atoms with Gasteiger partial charge in [-0.05, 0) is 36.6 Å². The molecule has 2 aromatic heterocycles. The Hall–Kier alpha value is -2.37. The van der Waals surface area contributed by atoms with Crippen molar-refractivity contribution < 1.29 is 24.4 Å². The summed E-state index contributed by atoms with van der Waals surface area (Å²) in [5.41, 5.74) is 1.91. The van der Waals surface area contributed by atoms with Gasteiger partial charge in [-0.15, -0.1) is 0 Å². The lowest BCUT2D eigenvalue weighted by Crippen LogP contribution is -2.33. The van der Waals surface area contributed by atoms with Gasteiger partial charge < -0.3 is 25.0 Å². The van der Waals surface area contributed by atoms with Crippen molar-refractivity contribution in [3.8, 4) is 0 Å². The number of rotatable bonds is 3. The summed E-state index contributed by atoms with van der Waals surface area (Å²) in [6.07, 6.45) is 0.827. The third kappa shape index (κ3) is 3.01. The van der Waals surface area contributed by atoms with Crippen LogP contribution in [-0.2, 0) is 10.2 Å². The van der Waals surface area contributed by atoms with Crippen LogP contribution in [0, 0.1) is 5.82 Å². The average Bonchev–Trinajstić information content (AvgIpc) is 3.56. The minimum atomic E-state index is -1.29. The summed E-state index contributed by atoms with van der Waals surface area (Å²) in [7, 11) is 0. The van der Waals surface area contributed by atoms with E-state index < -0.39 is 31.1 Å². The summed E-state index contributed by atoms with van der Waals surface area (Å²) in [4.78, 5) is 15.2. The van der Waals surface area contributed by atoms with Crippen LogP contribution in [0.4, 0.5) is 15.9 Å². The SMILES string of the molecule is OC[C@H]1O[C@@H](n2cnc3c(N4CC5(CCCC5)c5c(F)cccc54)nc(Cl)nc32)[C@@H](O)C1O. The molecule has 6 rings (SSSR count). The molecular weight excluding hydrogens is 453 g/mol. The third-order valence-electron chi connectivity index (χ3n) is 7.26. The number of hydrogen-bond acceptors (Lipinski definition) is 8. The third-order valence-corrected chi connectivity index (χ3v) is 7.43. The maximum Gasteiger partial charge on any atom is 0.226 e. The van der Waals surface area contributed by atoms with Gasteiger partial charge in [0.2, 0.25) is 5.28 Å². The van der Waals surface area contributed by atoms with E-state index >= 15 is 4.39 Å². The van der Waals surface area contributed by atoms with Gasteiger partial charge in [0.1, 0.15) is 24.1 Å². The van der Waals surface area contributed by atoms with E-state index in [1.54, 1.807) is 6.07 Å². The Bertz CT molecular complexity index is 1230. The van der Waals surface area contributed by atoms with Crippen molar-refractivity contribution in [2.75, 3.05) is 18.1 Å². The standard InChI is InChI=1S/C22H23ClFN5O4/c23-21-26-18(28-9-22(6-1-2-7-22)14-11(24)4-3-5-12(14)28)15-19(27-21)29(10-25-15)20-17(32)16(31)13(8-30)33-20/h3-5,10,13,16-17,20,30-32H,1-2,6-9H2/t13-,16?,17+,20-/m1/s1. The molecule has 3 N–H and O–H groups in total. The molecule has 3 aliphatic rings. The molecule has 9 nitrogen and oxygen atoms in total. The quantitative estimate of drug-likeness (QED) is 0.494. The van der Waals surface area contributed by atoms with Crippen molar-refractivity contribution in [2.24, 2.45) is 0 Å². The maximum absolute atomic E-state index is 15.0. The van der Waals surface area contributed by atoms with Gasteiger partial charge in [-0.3, -0.25) is 4.57 Å². The number of anilines is 2. The number of fused-ring (bicyclic) bond motifs is 3. The molecule has 1 aromatic carbocycles. The molecule has 2 aliphatic heterocycles. The lowest BCUT2D eigenvalue weighted by atomic mass is 9.80. The number of aliphatic hydroxyl groups excluding tert-OH is 3. The van der Waals surface area contributed by atoms with Gasteiger partial charge in [0, 0.05) is 23.2 Å². The second kappa shape index (κ2) is 7.57. The topological polar surface area (TPSA) is 117 Å². The summed E-state index contributed by atoms with van der Waals surface area (Å²) in [5.74, 6) is 0.233. The van der Waals surface area contributed by atoms with Gasteiger partial charge in [-0.2, -0.15) is 9.97 Å². The Labute approximate surface area is 193 Å². The normalized spacial score (nSPS) is 28.3. The van der Waals surface area contributed by atoms with E-state index in [1.807, 2.05) is 11.0 Å². The molecule has 0 bridgehead atoms. The van der Waals surface area contributed by atoms with Crippen molar-refractivity contribution in [2.45, 2.75) is 55.6 Å². The monoisotopic (exact) mass is 475 g/mol. The van der Waals surface area contributed by atoms with E-state index in [0.717, 1.165) is 31.4 Å². The van der Waals surface area contributed by atoms with Crippen LogP contribution >= 0.6 is 11.6 Å². The zero-order valence-corrected chi connectivity index (χ0v) is 18.4. The van der Waals surface area contributed by atoms with Crippen molar-refractivity contribution in [1.82, 2.24) is 19.5 Å². The molecule has 4 atom stereocenters. The first kappa shape index (κ1) is 21.2. The molecule has 1 saturated heterocycles. The number of nitrogens with zero attached hydrogens (tertiary/aromatic N) is 5. The van der Waals surface area contributed by atoms with E-state index in [4.69, 9.17) is 16.3 Å². The van der Waals surface area contributed by atoms with Crippen molar-refractivity contribution >= 4 is 34.3 Å². The number of ether oxygens (including phenoxy) is 1. The summed E-state index contributed by atoms with van der Waals surface area (Å²) in [6.45, 7) is 0.118. The highest BCUT2D eigenvalue weighted by Crippen LogP contribution is 2.53. The second-order valence-electron chi connectivity index (χ2n) is 9.08. The number of benzene rings is 1. The summed E-state index contributed by atoms with van der Waals surface area (Å²) < 4.78 is 22.2. The molecule has 174 valence electrons. The Morgan fingerprint density at radius 1 is 1.18 bits per heavy atom. The van der Waals surface area contributed by atoms with E-state index in [9.17, 15) is 15.3 Å². The first-order chi connectivity index (χ1) is 15.9. The Balaban J connectivity index is 1.48. The molecule has 33 heavy (non-hydrogen) atoms. The minimum Gasteiger partial charge on any atom is -0.394 e. The van der Waals surface area contributed by atoms with E-state index in [2.05, 4.69) is 15.0 Å². The Morgan fingerprint density at radius 2 is 1.97 bits per heavy atom. The van der Waals surface area contributed by atoms with Gasteiger partial charge in [0.05, 0.1) is 12.9 Å². The highest BCUT2D eigenvalue weighted by atomic mass is 35.5. The largest absolute Gasteiger partial charge is 0.394 e. The highest BCUT2D eigenvalue weighted by molar-refractivity contribution is 6.28. The van der Waals surface area contributed by atoms with E-state index in [-0.39, 0.29) is 16.5 Å². The van der Waals surface area contributed by atoms with Crippen LogP contribution in [0.1, 0.15) is 37.5 Å². The van der Waals surface area contributed by atoms with E-state index in [0.29, 0.717) is 29.1 Å². The molecule has 3 aromatic rings. The predicted octanol–water partition coefficient (Wildman–Crippen LogP) is 2.19. The number of aliphatic hydroxyl groups is 3. The molecule has 11 heteroatoms. The van der Waals surface area contributed by atoms with Crippen molar-refractivity contribution in [3.05, 3.63) is 41.2 Å². The lowest BCUT2D eigenvalue weighted by Gasteiger charge is -2.25. The number of hydrogen-bond donors (Lipinski definition) is 3. The maximum atomic E-state index is 15.0. The number of halogens is 2. The highest BCUT2D eigenvalue weighted by Gasteiger charge is 2.48. The minimum absolute atomic E-state index is 0.0312. The zero-order valence-electron chi connectivity index (χ0n) is 17.6. The molecule has 1 saturated carbocycles. The Morgan fingerprint density at radius 3 is 2.70 bits per heavy atom. The fourth-order valence-electron chi connectivity index (χ4n) is 5.74. The molecule has 0 radical (unpaired) electrons. The second-order valence-corrected chi connectivity index (χ2v) is 9.41. The van der Waals surface area contributed by atoms with Crippen LogP contribution < -0.4 is 4.90 Å². The molecule has 4 heterocycles. The Kier molecular flexibility index (Phi) is 4.86. The van der Waals surface area contributed by atoms with Gasteiger partial charge in [-0.25, -0.2) is 9.37 Å². The fourth-order valence-corrected chi connectivity index (χ4v) is 5.90. The number of aromatic nitrogens is 4. The fraction of sp³-hybridized carbons (Fsp3) is 0.500. The first-order valence-electron chi connectivity index (χ1n) is 11.0. The van der Waals surface area contributed by atoms with Crippen molar-refractivity contribution in [1.29, 1.82) is 0 Å². The number of imidazole rings is 1. The van der Waals surface area contributed by atoms with Crippen LogP contribution in [0.25, 0.3) is 11.2 Å². The van der Waals surface area contributed by atoms with Gasteiger partial charge in [0.25, 0.3) is 0 Å². The summed E-state index contributed by atoms with van der Waals surface area (Å²) in [5, 5.41) is 30.0. The van der Waals surface area contributed by atoms with Crippen LogP contribution in [0.5, 0.6) is 0 Å². The van der Waals surface area contributed by atoms with Crippen LogP contribution in [-0.4, -0.2) is 66.3 Å². The lowest BCUT2D eigenvalue weighted by molar-refractivity contribution is -0.0511. The molecule has 1 spiro atoms. The van der Waals surface area contributed by atoms with Gasteiger partial charge in [-0.1, -0.05) is 18.9 Å². The first-order valence-corrected chi connectivity index (χ1v) is 11.4. The zero-order chi connectivity index (χ0) is 22.9. The summed E-state index contributed by atoms with van der Waals surface area (Å²) in [6, 6.07) is 5.07. The van der Waals surface area contributed by atoms with Crippen LogP contribution in [0.3, 0.4) is 0 Å².